The van der Waals surface area contributed by atoms with Gasteiger partial charge in [-0.2, -0.15) is 0 Å². The fourth-order valence-corrected chi connectivity index (χ4v) is 13.1. The van der Waals surface area contributed by atoms with Gasteiger partial charge in [-0.1, -0.05) is 118 Å². The molecule has 2 nitrogen and oxygen atoms in total. The van der Waals surface area contributed by atoms with E-state index in [1.165, 1.54) is 120 Å². The van der Waals surface area contributed by atoms with Gasteiger partial charge in [0.25, 0.3) is 0 Å². The minimum absolute atomic E-state index is 0.0632. The summed E-state index contributed by atoms with van der Waals surface area (Å²) in [4.78, 5) is 2.54. The first kappa shape index (κ1) is 31.3. The van der Waals surface area contributed by atoms with Crippen molar-refractivity contribution in [3.05, 3.63) is 150 Å². The van der Waals surface area contributed by atoms with E-state index in [0.717, 1.165) is 22.8 Å². The molecule has 0 aliphatic heterocycles. The number of para-hydroxylation sites is 1. The summed E-state index contributed by atoms with van der Waals surface area (Å²) < 4.78 is 6.55. The van der Waals surface area contributed by atoms with Gasteiger partial charge in [0.2, 0.25) is 0 Å². The van der Waals surface area contributed by atoms with Gasteiger partial charge in [0.05, 0.1) is 0 Å². The molecule has 6 aromatic carbocycles. The van der Waals surface area contributed by atoms with Crippen LogP contribution in [0.25, 0.3) is 44.2 Å². The van der Waals surface area contributed by atoms with Gasteiger partial charge in [-0.25, -0.2) is 0 Å². The number of benzene rings is 6. The van der Waals surface area contributed by atoms with Gasteiger partial charge in [-0.05, 0) is 137 Å². The maximum Gasteiger partial charge on any atom is 0.137 e. The lowest BCUT2D eigenvalue weighted by molar-refractivity contribution is 0.0557. The lowest BCUT2D eigenvalue weighted by atomic mass is 9.50. The summed E-state index contributed by atoms with van der Waals surface area (Å²) >= 11 is 0. The van der Waals surface area contributed by atoms with Crippen molar-refractivity contribution in [2.45, 2.75) is 82.0 Å². The normalized spacial score (nSPS) is 24.2. The van der Waals surface area contributed by atoms with E-state index in [1.54, 1.807) is 11.1 Å². The van der Waals surface area contributed by atoms with Crippen LogP contribution in [0.4, 0.5) is 17.1 Å². The van der Waals surface area contributed by atoms with Crippen molar-refractivity contribution in [3.63, 3.8) is 0 Å². The summed E-state index contributed by atoms with van der Waals surface area (Å²) in [7, 11) is 0. The molecule has 0 amide bonds. The smallest absolute Gasteiger partial charge is 0.137 e. The second kappa shape index (κ2) is 11.5. The molecule has 4 atom stereocenters. The Morgan fingerprint density at radius 1 is 0.556 bits per heavy atom. The average Bonchev–Trinajstić information content (AvgIpc) is 3.99. The van der Waals surface area contributed by atoms with Crippen LogP contribution in [-0.4, -0.2) is 0 Å². The van der Waals surface area contributed by atoms with Gasteiger partial charge in [-0.15, -0.1) is 0 Å². The third-order valence-electron chi connectivity index (χ3n) is 15.1. The van der Waals surface area contributed by atoms with E-state index < -0.39 is 0 Å². The Morgan fingerprint density at radius 3 is 2.09 bits per heavy atom. The molecular formula is C52H47NO. The zero-order valence-corrected chi connectivity index (χ0v) is 31.3. The first-order valence-electron chi connectivity index (χ1n) is 20.9. The molecule has 2 heteroatoms. The number of fused-ring (bicyclic) bond motifs is 16. The molecule has 0 saturated heterocycles. The second-order valence-electron chi connectivity index (χ2n) is 17.4. The summed E-state index contributed by atoms with van der Waals surface area (Å²) in [5.74, 6) is 2.22. The summed E-state index contributed by atoms with van der Waals surface area (Å²) in [6.45, 7) is 2.46. The number of nitrogens with zero attached hydrogens (tertiary/aromatic N) is 1. The predicted octanol–water partition coefficient (Wildman–Crippen LogP) is 14.4. The van der Waals surface area contributed by atoms with Crippen LogP contribution in [-0.2, 0) is 10.8 Å². The number of furan rings is 1. The Bertz CT molecular complexity index is 2630. The zero-order chi connectivity index (χ0) is 35.6. The van der Waals surface area contributed by atoms with Crippen LogP contribution in [0.15, 0.2) is 132 Å². The maximum absolute atomic E-state index is 6.55. The Balaban J connectivity index is 1.09. The first-order valence-corrected chi connectivity index (χ1v) is 20.9. The van der Waals surface area contributed by atoms with Crippen LogP contribution >= 0.6 is 0 Å². The fraction of sp³-hybridized carbons (Fsp3) is 0.308. The van der Waals surface area contributed by atoms with Gasteiger partial charge >= 0.3 is 0 Å². The molecule has 2 bridgehead atoms. The summed E-state index contributed by atoms with van der Waals surface area (Å²) in [5.41, 5.74) is 17.7. The van der Waals surface area contributed by atoms with E-state index in [-0.39, 0.29) is 10.8 Å². The molecule has 3 saturated carbocycles. The van der Waals surface area contributed by atoms with Crippen molar-refractivity contribution in [2.24, 2.45) is 17.8 Å². The number of hydrogen-bond acceptors (Lipinski definition) is 2. The standard InChI is InChI=1S/C52H47NO/c1-2-34-28-33-12-11-13-35(29-33)52(34)47-18-7-4-14-39(47)41-23-20-37(31-48(41)52)53(38-21-24-43-42-16-5-8-19-49(42)54-50(43)32-38)36-22-25-46-44(30-36)40-15-3-6-17-45(40)51(46)26-9-10-27-51/h3-8,14-25,30-35H,2,9-13,26-29H2,1H3. The fourth-order valence-electron chi connectivity index (χ4n) is 13.1. The lowest BCUT2D eigenvalue weighted by Crippen LogP contribution is -2.48. The molecule has 7 aromatic rings. The topological polar surface area (TPSA) is 16.4 Å². The van der Waals surface area contributed by atoms with Crippen LogP contribution in [0.1, 0.15) is 93.4 Å². The second-order valence-corrected chi connectivity index (χ2v) is 17.4. The SMILES string of the molecule is CCC1CC2CCCC(C2)C12c1ccccc1-c1ccc(N(c3ccc4c(c3)-c3ccccc3C43CCCC3)c3ccc4c(c3)oc3ccccc34)cc12. The third-order valence-corrected chi connectivity index (χ3v) is 15.1. The van der Waals surface area contributed by atoms with E-state index in [0.29, 0.717) is 11.8 Å². The molecule has 5 aliphatic rings. The predicted molar refractivity (Wildman–Crippen MR) is 223 cm³/mol. The number of hydrogen-bond donors (Lipinski definition) is 0. The molecule has 3 fully saturated rings. The highest BCUT2D eigenvalue weighted by Gasteiger charge is 2.56. The van der Waals surface area contributed by atoms with Crippen LogP contribution in [0.2, 0.25) is 0 Å². The van der Waals surface area contributed by atoms with E-state index >= 15 is 0 Å². The molecule has 2 spiro atoms. The van der Waals surface area contributed by atoms with E-state index in [4.69, 9.17) is 4.42 Å². The van der Waals surface area contributed by atoms with Crippen molar-refractivity contribution in [2.75, 3.05) is 4.90 Å². The molecule has 0 radical (unpaired) electrons. The van der Waals surface area contributed by atoms with Crippen LogP contribution in [0.5, 0.6) is 0 Å². The molecule has 1 aromatic heterocycles. The van der Waals surface area contributed by atoms with Crippen molar-refractivity contribution in [3.8, 4) is 22.3 Å². The monoisotopic (exact) mass is 701 g/mol. The Hall–Kier alpha value is -5.08. The highest BCUT2D eigenvalue weighted by atomic mass is 16.3. The summed E-state index contributed by atoms with van der Waals surface area (Å²) in [5, 5.41) is 2.34. The maximum atomic E-state index is 6.55. The van der Waals surface area contributed by atoms with Crippen molar-refractivity contribution in [1.29, 1.82) is 0 Å². The lowest BCUT2D eigenvalue weighted by Gasteiger charge is -2.54. The van der Waals surface area contributed by atoms with Crippen LogP contribution in [0.3, 0.4) is 0 Å². The molecule has 54 heavy (non-hydrogen) atoms. The van der Waals surface area contributed by atoms with Crippen LogP contribution in [0, 0.1) is 17.8 Å². The minimum atomic E-state index is 0.0632. The quantitative estimate of drug-likeness (QED) is 0.182. The molecule has 266 valence electrons. The first-order chi connectivity index (χ1) is 26.7. The van der Waals surface area contributed by atoms with E-state index in [9.17, 15) is 0 Å². The zero-order valence-electron chi connectivity index (χ0n) is 31.3. The Labute approximate surface area is 318 Å². The highest BCUT2D eigenvalue weighted by molar-refractivity contribution is 6.06. The van der Waals surface area contributed by atoms with Gasteiger partial charge < -0.3 is 9.32 Å². The summed E-state index contributed by atoms with van der Waals surface area (Å²) in [6, 6.07) is 49.0. The molecule has 0 N–H and O–H groups in total. The number of rotatable bonds is 4. The molecular weight excluding hydrogens is 655 g/mol. The molecule has 4 unspecified atom stereocenters. The molecule has 1 heterocycles. The minimum Gasteiger partial charge on any atom is -0.456 e. The van der Waals surface area contributed by atoms with Gasteiger partial charge in [-0.3, -0.25) is 0 Å². The molecule has 12 rings (SSSR count). The van der Waals surface area contributed by atoms with Crippen molar-refractivity contribution < 1.29 is 4.42 Å². The van der Waals surface area contributed by atoms with Crippen molar-refractivity contribution in [1.82, 2.24) is 0 Å². The Kier molecular flexibility index (Phi) is 6.64. The van der Waals surface area contributed by atoms with Gasteiger partial charge in [0.1, 0.15) is 11.2 Å². The third kappa shape index (κ3) is 4.07. The molecule has 5 aliphatic carbocycles. The van der Waals surface area contributed by atoms with Crippen molar-refractivity contribution >= 4 is 39.0 Å². The van der Waals surface area contributed by atoms with Gasteiger partial charge in [0.15, 0.2) is 0 Å². The van der Waals surface area contributed by atoms with Crippen LogP contribution < -0.4 is 4.90 Å². The largest absolute Gasteiger partial charge is 0.456 e. The van der Waals surface area contributed by atoms with E-state index in [1.807, 2.05) is 0 Å². The van der Waals surface area contributed by atoms with E-state index in [2.05, 4.69) is 139 Å². The highest BCUT2D eigenvalue weighted by Crippen LogP contribution is 2.65. The summed E-state index contributed by atoms with van der Waals surface area (Å²) in [6.07, 6.45) is 13.2. The van der Waals surface area contributed by atoms with Gasteiger partial charge in [0, 0.05) is 44.7 Å². The number of anilines is 3. The average molecular weight is 702 g/mol. The Morgan fingerprint density at radius 2 is 1.22 bits per heavy atom.